The van der Waals surface area contributed by atoms with Crippen LogP contribution < -0.4 is 0 Å². The molecule has 0 spiro atoms. The summed E-state index contributed by atoms with van der Waals surface area (Å²) in [6, 6.07) is 0.371. The molecule has 0 saturated heterocycles. The fraction of sp³-hybridized carbons (Fsp3) is 0. The van der Waals surface area contributed by atoms with Crippen LogP contribution in [0.3, 0.4) is 0 Å². The first-order valence-electron chi connectivity index (χ1n) is 3.09. The van der Waals surface area contributed by atoms with Crippen LogP contribution in [0.15, 0.2) is 27.6 Å². The molecule has 14 heavy (non-hydrogen) atoms. The van der Waals surface area contributed by atoms with Crippen molar-refractivity contribution in [1.29, 1.82) is 0 Å². The Hall–Kier alpha value is -0.370. The predicted molar refractivity (Wildman–Crippen MR) is 45.5 cm³/mol. The maximum Gasteiger partial charge on any atom is 0.310 e. The minimum Gasteiger partial charge on any atom is -0.206 e. The Balaban J connectivity index is 3.45. The Kier molecular flexibility index (Phi) is 2.01. The van der Waals surface area contributed by atoms with Crippen molar-refractivity contribution >= 4 is 26.2 Å². The molecule has 0 aromatic heterocycles. The van der Waals surface area contributed by atoms with Gasteiger partial charge in [-0.25, -0.2) is 4.39 Å². The van der Waals surface area contributed by atoms with Crippen LogP contribution in [-0.4, -0.2) is 0 Å². The summed E-state index contributed by atoms with van der Waals surface area (Å²) in [7, 11) is -9.68. The first-order valence-corrected chi connectivity index (χ1v) is 5.84. The maximum atomic E-state index is 12.5. The first-order chi connectivity index (χ1) is 5.90. The van der Waals surface area contributed by atoms with Gasteiger partial charge in [0.15, 0.2) is 0 Å². The van der Waals surface area contributed by atoms with Crippen LogP contribution in [0.1, 0.15) is 0 Å². The Morgan fingerprint density at radius 2 is 1.50 bits per heavy atom. The zero-order valence-corrected chi connectivity index (χ0v) is 8.69. The molecule has 0 aliphatic rings. The van der Waals surface area contributed by atoms with E-state index < -0.39 is 25.4 Å². The molecule has 0 saturated carbocycles. The van der Waals surface area contributed by atoms with Gasteiger partial charge >= 0.3 is 10.2 Å². The van der Waals surface area contributed by atoms with Crippen molar-refractivity contribution in [2.75, 3.05) is 0 Å². The van der Waals surface area contributed by atoms with E-state index in [1.807, 2.05) is 0 Å². The molecule has 0 aliphatic heterocycles. The molecule has 0 nitrogen and oxygen atoms in total. The molecule has 0 fully saturated rings. The summed E-state index contributed by atoms with van der Waals surface area (Å²) in [5.41, 5.74) is 0. The zero-order chi connectivity index (χ0) is 11.3. The van der Waals surface area contributed by atoms with E-state index in [0.29, 0.717) is 6.07 Å². The molecule has 0 radical (unpaired) electrons. The van der Waals surface area contributed by atoms with Crippen LogP contribution in [0.4, 0.5) is 23.8 Å². The summed E-state index contributed by atoms with van der Waals surface area (Å²) < 4.78 is 72.4. The minimum atomic E-state index is -9.68. The molecule has 0 aliphatic carbocycles. The molecule has 0 N–H and O–H groups in total. The van der Waals surface area contributed by atoms with Gasteiger partial charge in [-0.3, -0.25) is 0 Å². The monoisotopic (exact) mass is 300 g/mol. The Bertz CT molecular complexity index is 382. The van der Waals surface area contributed by atoms with Crippen molar-refractivity contribution < 1.29 is 23.8 Å². The smallest absolute Gasteiger partial charge is 0.206 e. The Morgan fingerprint density at radius 3 is 1.86 bits per heavy atom. The third kappa shape index (κ3) is 2.57. The van der Waals surface area contributed by atoms with Crippen molar-refractivity contribution in [2.24, 2.45) is 0 Å². The van der Waals surface area contributed by atoms with Gasteiger partial charge in [-0.2, -0.15) is 0 Å². The Labute approximate surface area is 83.8 Å². The van der Waals surface area contributed by atoms with Gasteiger partial charge in [0, 0.05) is 0 Å². The van der Waals surface area contributed by atoms with Gasteiger partial charge in [0.1, 0.15) is 10.7 Å². The second kappa shape index (κ2) is 2.41. The number of hydrogen-bond acceptors (Lipinski definition) is 0. The molecule has 1 aromatic rings. The zero-order valence-electron chi connectivity index (χ0n) is 6.29. The molecule has 0 unspecified atom stereocenters. The summed E-state index contributed by atoms with van der Waals surface area (Å²) >= 11 is 2.40. The van der Waals surface area contributed by atoms with Gasteiger partial charge in [0.2, 0.25) is 0 Å². The van der Waals surface area contributed by atoms with Gasteiger partial charge in [-0.15, -0.1) is 0 Å². The van der Waals surface area contributed by atoms with Crippen molar-refractivity contribution in [2.45, 2.75) is 4.90 Å². The van der Waals surface area contributed by atoms with Gasteiger partial charge < -0.3 is 0 Å². The fourth-order valence-corrected chi connectivity index (χ4v) is 1.91. The van der Waals surface area contributed by atoms with Crippen LogP contribution >= 0.6 is 26.2 Å². The van der Waals surface area contributed by atoms with Crippen LogP contribution in [-0.2, 0) is 0 Å². The standard InChI is InChI=1S/C6H3BrF6S/c7-5-3-4(1-2-6(5)8)14(9,10,11,12)13/h1-3H. The second-order valence-electron chi connectivity index (χ2n) is 2.54. The lowest BCUT2D eigenvalue weighted by Crippen LogP contribution is -2.06. The average Bonchev–Trinajstić information content (AvgIpc) is 1.89. The largest absolute Gasteiger partial charge is 0.310 e. The van der Waals surface area contributed by atoms with E-state index in [9.17, 15) is 23.8 Å². The van der Waals surface area contributed by atoms with Gasteiger partial charge in [0.25, 0.3) is 0 Å². The lowest BCUT2D eigenvalue weighted by molar-refractivity contribution is 0.363. The second-order valence-corrected chi connectivity index (χ2v) is 5.81. The summed E-state index contributed by atoms with van der Waals surface area (Å²) in [6.45, 7) is 0. The lowest BCUT2D eigenvalue weighted by atomic mass is 10.3. The van der Waals surface area contributed by atoms with Crippen molar-refractivity contribution in [3.05, 3.63) is 28.5 Å². The van der Waals surface area contributed by atoms with E-state index in [1.165, 1.54) is 0 Å². The minimum absolute atomic E-state index is 0.0155. The van der Waals surface area contributed by atoms with E-state index in [2.05, 4.69) is 15.9 Å². The third-order valence-corrected chi connectivity index (χ3v) is 3.09. The van der Waals surface area contributed by atoms with E-state index in [1.54, 1.807) is 0 Å². The fourth-order valence-electron chi connectivity index (χ4n) is 0.717. The van der Waals surface area contributed by atoms with Gasteiger partial charge in [0.05, 0.1) is 4.47 Å². The molecular weight excluding hydrogens is 298 g/mol. The molecule has 82 valence electrons. The highest BCUT2D eigenvalue weighted by molar-refractivity contribution is 9.10. The van der Waals surface area contributed by atoms with E-state index in [-0.39, 0.29) is 12.1 Å². The van der Waals surface area contributed by atoms with E-state index >= 15 is 0 Å². The van der Waals surface area contributed by atoms with Crippen LogP contribution in [0.25, 0.3) is 0 Å². The Morgan fingerprint density at radius 1 is 1.00 bits per heavy atom. The summed E-state index contributed by atoms with van der Waals surface area (Å²) in [5, 5.41) is 0. The summed E-state index contributed by atoms with van der Waals surface area (Å²) in [5.74, 6) is -1.03. The average molecular weight is 301 g/mol. The predicted octanol–water partition coefficient (Wildman–Crippen LogP) is 5.25. The summed E-state index contributed by atoms with van der Waals surface area (Å²) in [6.07, 6.45) is 0. The van der Waals surface area contributed by atoms with Gasteiger partial charge in [-0.1, -0.05) is 19.4 Å². The van der Waals surface area contributed by atoms with Crippen LogP contribution in [0, 0.1) is 5.82 Å². The highest BCUT2D eigenvalue weighted by Gasteiger charge is 2.65. The first kappa shape index (κ1) is 11.7. The number of rotatable bonds is 1. The molecule has 0 atom stereocenters. The van der Waals surface area contributed by atoms with Crippen molar-refractivity contribution in [3.8, 4) is 0 Å². The molecule has 8 heteroatoms. The van der Waals surface area contributed by atoms with Crippen LogP contribution in [0.5, 0.6) is 0 Å². The number of benzene rings is 1. The molecule has 1 aromatic carbocycles. The quantitative estimate of drug-likeness (QED) is 0.622. The van der Waals surface area contributed by atoms with Crippen LogP contribution in [0.2, 0.25) is 0 Å². The normalized spacial score (nSPS) is 17.4. The number of hydrogen-bond donors (Lipinski definition) is 0. The highest BCUT2D eigenvalue weighted by Crippen LogP contribution is 3.02. The van der Waals surface area contributed by atoms with Gasteiger partial charge in [-0.05, 0) is 34.1 Å². The number of halogens is 7. The topological polar surface area (TPSA) is 0 Å². The maximum absolute atomic E-state index is 12.5. The molecule has 1 rings (SSSR count). The molecule has 0 heterocycles. The highest BCUT2D eigenvalue weighted by atomic mass is 79.9. The van der Waals surface area contributed by atoms with Crippen molar-refractivity contribution in [3.63, 3.8) is 0 Å². The SMILES string of the molecule is Fc1ccc(S(F)(F)(F)(F)F)cc1Br. The summed E-state index contributed by atoms with van der Waals surface area (Å²) in [4.78, 5) is -2.11. The lowest BCUT2D eigenvalue weighted by Gasteiger charge is -2.40. The van der Waals surface area contributed by atoms with E-state index in [0.717, 1.165) is 0 Å². The van der Waals surface area contributed by atoms with E-state index in [4.69, 9.17) is 0 Å². The molecule has 0 bridgehead atoms. The molecular formula is C6H3BrF6S. The van der Waals surface area contributed by atoms with Crippen molar-refractivity contribution in [1.82, 2.24) is 0 Å². The molecule has 0 amide bonds. The third-order valence-electron chi connectivity index (χ3n) is 1.34.